The molecule has 0 aromatic carbocycles. The molecule has 2 nitrogen and oxygen atoms in total. The Hall–Kier alpha value is 0.210. The van der Waals surface area contributed by atoms with Crippen LogP contribution >= 0.6 is 11.8 Å². The van der Waals surface area contributed by atoms with Gasteiger partial charge in [0.1, 0.15) is 0 Å². The first kappa shape index (κ1) is 9.30. The Labute approximate surface area is 73.0 Å². The van der Waals surface area contributed by atoms with Gasteiger partial charge in [0.2, 0.25) is 0 Å². The zero-order valence-corrected chi connectivity index (χ0v) is 7.53. The maximum Gasteiger partial charge on any atom is 0.0784 e. The molecule has 1 rings (SSSR count). The lowest BCUT2D eigenvalue weighted by Gasteiger charge is -2.25. The largest absolute Gasteiger partial charge is 0.389 e. The first-order chi connectivity index (χ1) is 5.27. The molecular formula is C8H16ClNO. The van der Waals surface area contributed by atoms with Gasteiger partial charge >= 0.3 is 0 Å². The molecule has 0 aromatic heterocycles. The summed E-state index contributed by atoms with van der Waals surface area (Å²) in [6.07, 6.45) is 6.57. The second kappa shape index (κ2) is 4.29. The van der Waals surface area contributed by atoms with Crippen LogP contribution in [0.1, 0.15) is 38.5 Å². The van der Waals surface area contributed by atoms with Crippen LogP contribution < -0.4 is 4.84 Å². The number of nitrogens with one attached hydrogen (secondary N) is 1. The topological polar surface area (TPSA) is 32.3 Å². The summed E-state index contributed by atoms with van der Waals surface area (Å²) in [6, 6.07) is 0. The summed E-state index contributed by atoms with van der Waals surface area (Å²) in [7, 11) is 0. The molecule has 66 valence electrons. The molecule has 1 saturated carbocycles. The van der Waals surface area contributed by atoms with Gasteiger partial charge in [-0.2, -0.15) is 0 Å². The normalized spacial score (nSPS) is 24.5. The first-order valence-electron chi connectivity index (χ1n) is 4.33. The minimum Gasteiger partial charge on any atom is -0.389 e. The van der Waals surface area contributed by atoms with E-state index in [-0.39, 0.29) is 0 Å². The van der Waals surface area contributed by atoms with Gasteiger partial charge in [0.25, 0.3) is 0 Å². The highest BCUT2D eigenvalue weighted by molar-refractivity contribution is 6.13. The predicted octanol–water partition coefficient (Wildman–Crippen LogP) is 1.82. The molecule has 1 aliphatic carbocycles. The Balaban J connectivity index is 2.38. The molecule has 0 aliphatic heterocycles. The fourth-order valence-corrected chi connectivity index (χ4v) is 1.94. The highest BCUT2D eigenvalue weighted by Crippen LogP contribution is 2.26. The smallest absolute Gasteiger partial charge is 0.0784 e. The maximum atomic E-state index is 9.90. The zero-order valence-electron chi connectivity index (χ0n) is 6.77. The van der Waals surface area contributed by atoms with Crippen LogP contribution in [-0.2, 0) is 0 Å². The summed E-state index contributed by atoms with van der Waals surface area (Å²) < 4.78 is 0. The van der Waals surface area contributed by atoms with Crippen molar-refractivity contribution < 1.29 is 5.11 Å². The SMILES string of the molecule is OC1(CNCl)CCCCCC1. The molecule has 0 saturated heterocycles. The second-order valence-corrected chi connectivity index (χ2v) is 3.72. The van der Waals surface area contributed by atoms with Crippen LogP contribution in [0.25, 0.3) is 0 Å². The average molecular weight is 178 g/mol. The summed E-state index contributed by atoms with van der Waals surface area (Å²) in [4.78, 5) is 2.53. The molecule has 0 heterocycles. The van der Waals surface area contributed by atoms with Crippen molar-refractivity contribution in [2.24, 2.45) is 0 Å². The Morgan fingerprint density at radius 1 is 1.18 bits per heavy atom. The van der Waals surface area contributed by atoms with Gasteiger partial charge < -0.3 is 5.11 Å². The highest BCUT2D eigenvalue weighted by atomic mass is 35.5. The molecule has 0 spiro atoms. The molecule has 0 unspecified atom stereocenters. The van der Waals surface area contributed by atoms with Crippen LogP contribution in [0.5, 0.6) is 0 Å². The quantitative estimate of drug-likeness (QED) is 0.498. The van der Waals surface area contributed by atoms with E-state index < -0.39 is 5.60 Å². The van der Waals surface area contributed by atoms with E-state index in [1.54, 1.807) is 0 Å². The number of aliphatic hydroxyl groups is 1. The minimum atomic E-state index is -0.530. The molecule has 0 aromatic rings. The van der Waals surface area contributed by atoms with Crippen LogP contribution in [0.2, 0.25) is 0 Å². The highest BCUT2D eigenvalue weighted by Gasteiger charge is 2.26. The van der Waals surface area contributed by atoms with Crippen molar-refractivity contribution in [3.8, 4) is 0 Å². The van der Waals surface area contributed by atoms with E-state index >= 15 is 0 Å². The van der Waals surface area contributed by atoms with Crippen LogP contribution in [0.4, 0.5) is 0 Å². The lowest BCUT2D eigenvalue weighted by atomic mass is 9.95. The van der Waals surface area contributed by atoms with E-state index in [1.165, 1.54) is 12.8 Å². The van der Waals surface area contributed by atoms with Crippen molar-refractivity contribution in [3.05, 3.63) is 0 Å². The molecule has 0 bridgehead atoms. The van der Waals surface area contributed by atoms with Gasteiger partial charge in [0.15, 0.2) is 0 Å². The molecule has 0 amide bonds. The molecule has 1 aliphatic rings. The van der Waals surface area contributed by atoms with Crippen LogP contribution in [0.3, 0.4) is 0 Å². The Kier molecular flexibility index (Phi) is 3.63. The fourth-order valence-electron chi connectivity index (χ4n) is 1.69. The van der Waals surface area contributed by atoms with Gasteiger partial charge in [-0.15, -0.1) is 0 Å². The molecule has 11 heavy (non-hydrogen) atoms. The lowest BCUT2D eigenvalue weighted by Crippen LogP contribution is -2.36. The monoisotopic (exact) mass is 177 g/mol. The van der Waals surface area contributed by atoms with E-state index in [1.807, 2.05) is 0 Å². The van der Waals surface area contributed by atoms with Crippen LogP contribution in [0.15, 0.2) is 0 Å². The standard InChI is InChI=1S/C8H16ClNO/c9-10-7-8(11)5-3-1-2-4-6-8/h10-11H,1-7H2. The van der Waals surface area contributed by atoms with Gasteiger partial charge in [-0.25, -0.2) is 4.84 Å². The second-order valence-electron chi connectivity index (χ2n) is 3.45. The van der Waals surface area contributed by atoms with Crippen molar-refractivity contribution in [2.45, 2.75) is 44.1 Å². The molecule has 2 N–H and O–H groups in total. The van der Waals surface area contributed by atoms with Gasteiger partial charge in [-0.1, -0.05) is 25.7 Å². The number of hydrogen-bond donors (Lipinski definition) is 2. The van der Waals surface area contributed by atoms with Crippen molar-refractivity contribution in [1.29, 1.82) is 0 Å². The summed E-state index contributed by atoms with van der Waals surface area (Å²) in [6.45, 7) is 0.522. The van der Waals surface area contributed by atoms with E-state index in [9.17, 15) is 5.11 Å². The Morgan fingerprint density at radius 2 is 1.73 bits per heavy atom. The van der Waals surface area contributed by atoms with Crippen LogP contribution in [0, 0.1) is 0 Å². The molecule has 0 radical (unpaired) electrons. The van der Waals surface area contributed by atoms with E-state index in [0.717, 1.165) is 25.7 Å². The van der Waals surface area contributed by atoms with Gasteiger partial charge in [0.05, 0.1) is 5.60 Å². The van der Waals surface area contributed by atoms with Gasteiger partial charge in [-0.3, -0.25) is 0 Å². The van der Waals surface area contributed by atoms with Crippen molar-refractivity contribution in [3.63, 3.8) is 0 Å². The van der Waals surface area contributed by atoms with Gasteiger partial charge in [-0.05, 0) is 24.6 Å². The Morgan fingerprint density at radius 3 is 2.18 bits per heavy atom. The summed E-state index contributed by atoms with van der Waals surface area (Å²) in [5.74, 6) is 0. The molecule has 0 atom stereocenters. The number of rotatable bonds is 2. The predicted molar refractivity (Wildman–Crippen MR) is 46.5 cm³/mol. The third-order valence-electron chi connectivity index (χ3n) is 2.43. The molecule has 1 fully saturated rings. The summed E-state index contributed by atoms with van der Waals surface area (Å²) >= 11 is 5.37. The van der Waals surface area contributed by atoms with E-state index in [0.29, 0.717) is 6.54 Å². The van der Waals surface area contributed by atoms with Crippen molar-refractivity contribution in [2.75, 3.05) is 6.54 Å². The van der Waals surface area contributed by atoms with Gasteiger partial charge in [0, 0.05) is 6.54 Å². The number of hydrogen-bond acceptors (Lipinski definition) is 2. The maximum absolute atomic E-state index is 9.90. The average Bonchev–Trinajstić information content (AvgIpc) is 2.15. The summed E-state index contributed by atoms with van der Waals surface area (Å²) in [5.41, 5.74) is -0.530. The van der Waals surface area contributed by atoms with Crippen molar-refractivity contribution >= 4 is 11.8 Å². The number of halogens is 1. The third kappa shape index (κ3) is 2.97. The lowest BCUT2D eigenvalue weighted by molar-refractivity contribution is 0.0305. The zero-order chi connectivity index (χ0) is 8.16. The van der Waals surface area contributed by atoms with E-state index in [4.69, 9.17) is 11.8 Å². The first-order valence-corrected chi connectivity index (χ1v) is 4.70. The third-order valence-corrected chi connectivity index (χ3v) is 2.56. The molecule has 3 heteroatoms. The van der Waals surface area contributed by atoms with Crippen LogP contribution in [-0.4, -0.2) is 17.3 Å². The molecular weight excluding hydrogens is 162 g/mol. The summed E-state index contributed by atoms with van der Waals surface area (Å²) in [5, 5.41) is 9.90. The Bertz CT molecular complexity index is 111. The fraction of sp³-hybridized carbons (Fsp3) is 1.00. The van der Waals surface area contributed by atoms with E-state index in [2.05, 4.69) is 4.84 Å². The minimum absolute atomic E-state index is 0.522. The van der Waals surface area contributed by atoms with Crippen molar-refractivity contribution in [1.82, 2.24) is 4.84 Å².